The first kappa shape index (κ1) is 17.0. The number of halogens is 1. The summed E-state index contributed by atoms with van der Waals surface area (Å²) in [6, 6.07) is 11.5. The quantitative estimate of drug-likeness (QED) is 0.557. The van der Waals surface area contributed by atoms with Gasteiger partial charge in [0.05, 0.1) is 16.6 Å². The van der Waals surface area contributed by atoms with Gasteiger partial charge in [0.15, 0.2) is 0 Å². The summed E-state index contributed by atoms with van der Waals surface area (Å²) in [7, 11) is 0. The molecule has 5 nitrogen and oxygen atoms in total. The fraction of sp³-hybridized carbons (Fsp3) is 0.143. The highest BCUT2D eigenvalue weighted by molar-refractivity contribution is 5.93. The molecule has 0 saturated carbocycles. The maximum atomic E-state index is 13.8. The Balaban J connectivity index is 2.08. The van der Waals surface area contributed by atoms with Crippen LogP contribution in [0.3, 0.4) is 0 Å². The van der Waals surface area contributed by atoms with E-state index >= 15 is 0 Å². The molecule has 0 unspecified atom stereocenters. The van der Waals surface area contributed by atoms with E-state index in [2.05, 4.69) is 15.0 Å². The Hall–Kier alpha value is -3.41. The standard InChI is InChI=1S/C21H17FN4O/c1-3-19-25-18-9-5-8-17(14-11-23-13(2)24-12-14)20(18)21(27)26(19)16-7-4-6-15(22)10-16/h4-12H,3H2,1-2H3. The van der Waals surface area contributed by atoms with E-state index in [9.17, 15) is 9.18 Å². The number of hydrogen-bond donors (Lipinski definition) is 0. The lowest BCUT2D eigenvalue weighted by Gasteiger charge is -2.14. The molecule has 0 atom stereocenters. The fourth-order valence-electron chi connectivity index (χ4n) is 3.17. The van der Waals surface area contributed by atoms with E-state index < -0.39 is 5.82 Å². The molecule has 2 heterocycles. The van der Waals surface area contributed by atoms with Gasteiger partial charge in [0.25, 0.3) is 5.56 Å². The van der Waals surface area contributed by atoms with E-state index in [0.717, 1.165) is 5.56 Å². The van der Waals surface area contributed by atoms with Crippen molar-refractivity contribution in [2.75, 3.05) is 0 Å². The largest absolute Gasteiger partial charge is 0.268 e. The third-order valence-electron chi connectivity index (χ3n) is 4.44. The third-order valence-corrected chi connectivity index (χ3v) is 4.44. The molecule has 6 heteroatoms. The monoisotopic (exact) mass is 360 g/mol. The van der Waals surface area contributed by atoms with Crippen molar-refractivity contribution in [1.29, 1.82) is 0 Å². The van der Waals surface area contributed by atoms with Crippen LogP contribution in [0.5, 0.6) is 0 Å². The van der Waals surface area contributed by atoms with E-state index in [1.165, 1.54) is 16.7 Å². The van der Waals surface area contributed by atoms with Crippen LogP contribution in [0.2, 0.25) is 0 Å². The molecule has 4 aromatic rings. The number of aromatic nitrogens is 4. The summed E-state index contributed by atoms with van der Waals surface area (Å²) >= 11 is 0. The Morgan fingerprint density at radius 1 is 1.07 bits per heavy atom. The molecule has 0 radical (unpaired) electrons. The van der Waals surface area contributed by atoms with Crippen LogP contribution in [0.4, 0.5) is 4.39 Å². The van der Waals surface area contributed by atoms with E-state index in [-0.39, 0.29) is 5.56 Å². The number of fused-ring (bicyclic) bond motifs is 1. The lowest BCUT2D eigenvalue weighted by molar-refractivity contribution is 0.625. The van der Waals surface area contributed by atoms with Gasteiger partial charge >= 0.3 is 0 Å². The van der Waals surface area contributed by atoms with Crippen molar-refractivity contribution in [2.24, 2.45) is 0 Å². The van der Waals surface area contributed by atoms with Crippen LogP contribution in [0.25, 0.3) is 27.7 Å². The Morgan fingerprint density at radius 3 is 2.52 bits per heavy atom. The first-order chi connectivity index (χ1) is 13.1. The van der Waals surface area contributed by atoms with Gasteiger partial charge in [-0.1, -0.05) is 25.1 Å². The SMILES string of the molecule is CCc1nc2cccc(-c3cnc(C)nc3)c2c(=O)n1-c1cccc(F)c1. The second-order valence-electron chi connectivity index (χ2n) is 6.22. The van der Waals surface area contributed by atoms with Gasteiger partial charge in [0.1, 0.15) is 17.5 Å². The van der Waals surface area contributed by atoms with Crippen molar-refractivity contribution in [3.8, 4) is 16.8 Å². The average molecular weight is 360 g/mol. The first-order valence-corrected chi connectivity index (χ1v) is 8.68. The van der Waals surface area contributed by atoms with Crippen molar-refractivity contribution < 1.29 is 4.39 Å². The molecule has 0 N–H and O–H groups in total. The van der Waals surface area contributed by atoms with Gasteiger partial charge in [-0.25, -0.2) is 19.3 Å². The summed E-state index contributed by atoms with van der Waals surface area (Å²) in [6.45, 7) is 3.72. The molecule has 0 spiro atoms. The van der Waals surface area contributed by atoms with Crippen LogP contribution in [0.15, 0.2) is 59.7 Å². The number of nitrogens with zero attached hydrogens (tertiary/aromatic N) is 4. The lowest BCUT2D eigenvalue weighted by atomic mass is 10.0. The highest BCUT2D eigenvalue weighted by Gasteiger charge is 2.16. The second kappa shape index (κ2) is 6.72. The van der Waals surface area contributed by atoms with Gasteiger partial charge in [-0.3, -0.25) is 9.36 Å². The van der Waals surface area contributed by atoms with E-state index in [4.69, 9.17) is 0 Å². The Morgan fingerprint density at radius 2 is 1.81 bits per heavy atom. The first-order valence-electron chi connectivity index (χ1n) is 8.68. The number of rotatable bonds is 3. The zero-order valence-corrected chi connectivity index (χ0v) is 15.0. The minimum Gasteiger partial charge on any atom is -0.268 e. The molecule has 134 valence electrons. The number of aryl methyl sites for hydroxylation is 2. The normalized spacial score (nSPS) is 11.1. The van der Waals surface area contributed by atoms with E-state index in [1.807, 2.05) is 25.1 Å². The smallest absolute Gasteiger partial charge is 0.266 e. The van der Waals surface area contributed by atoms with Gasteiger partial charge in [-0.15, -0.1) is 0 Å². The van der Waals surface area contributed by atoms with Crippen molar-refractivity contribution in [1.82, 2.24) is 19.5 Å². The second-order valence-corrected chi connectivity index (χ2v) is 6.22. The van der Waals surface area contributed by atoms with Crippen molar-refractivity contribution in [2.45, 2.75) is 20.3 Å². The van der Waals surface area contributed by atoms with Crippen molar-refractivity contribution in [3.05, 3.63) is 82.7 Å². The summed E-state index contributed by atoms with van der Waals surface area (Å²) in [5.74, 6) is 0.833. The minimum absolute atomic E-state index is 0.237. The molecule has 4 rings (SSSR count). The summed E-state index contributed by atoms with van der Waals surface area (Å²) in [5.41, 5.74) is 2.26. The number of hydrogen-bond acceptors (Lipinski definition) is 4. The summed E-state index contributed by atoms with van der Waals surface area (Å²) in [6.07, 6.45) is 3.92. The zero-order chi connectivity index (χ0) is 19.0. The van der Waals surface area contributed by atoms with Gasteiger partial charge in [-0.05, 0) is 36.8 Å². The number of benzene rings is 2. The molecule has 2 aromatic carbocycles. The highest BCUT2D eigenvalue weighted by Crippen LogP contribution is 2.25. The maximum Gasteiger partial charge on any atom is 0.266 e. The fourth-order valence-corrected chi connectivity index (χ4v) is 3.17. The van der Waals surface area contributed by atoms with Crippen molar-refractivity contribution in [3.63, 3.8) is 0 Å². The minimum atomic E-state index is -0.401. The molecule has 0 aliphatic heterocycles. The molecule has 2 aromatic heterocycles. The van der Waals surface area contributed by atoms with E-state index in [0.29, 0.717) is 40.2 Å². The maximum absolute atomic E-state index is 13.8. The van der Waals surface area contributed by atoms with Gasteiger partial charge < -0.3 is 0 Å². The molecule has 0 saturated heterocycles. The average Bonchev–Trinajstić information content (AvgIpc) is 2.68. The van der Waals surface area contributed by atoms with Crippen LogP contribution >= 0.6 is 0 Å². The molecule has 0 aliphatic rings. The summed E-state index contributed by atoms with van der Waals surface area (Å²) in [5, 5.41) is 0.464. The molecule has 0 amide bonds. The molecule has 0 bridgehead atoms. The predicted octanol–water partition coefficient (Wildman–Crippen LogP) is 3.85. The molecule has 27 heavy (non-hydrogen) atoms. The Kier molecular flexibility index (Phi) is 4.24. The van der Waals surface area contributed by atoms with Crippen LogP contribution < -0.4 is 5.56 Å². The summed E-state index contributed by atoms with van der Waals surface area (Å²) < 4.78 is 15.2. The molecule has 0 fully saturated rings. The molecular weight excluding hydrogens is 343 g/mol. The van der Waals surface area contributed by atoms with Gasteiger partial charge in [-0.2, -0.15) is 0 Å². The molecular formula is C21H17FN4O. The predicted molar refractivity (Wildman–Crippen MR) is 102 cm³/mol. The van der Waals surface area contributed by atoms with Gasteiger partial charge in [0.2, 0.25) is 0 Å². The topological polar surface area (TPSA) is 60.7 Å². The van der Waals surface area contributed by atoms with Crippen LogP contribution in [-0.2, 0) is 6.42 Å². The zero-order valence-electron chi connectivity index (χ0n) is 15.0. The van der Waals surface area contributed by atoms with Crippen LogP contribution in [0.1, 0.15) is 18.6 Å². The van der Waals surface area contributed by atoms with Gasteiger partial charge in [0, 0.05) is 24.4 Å². The lowest BCUT2D eigenvalue weighted by Crippen LogP contribution is -2.24. The Labute approximate surface area is 155 Å². The Bertz CT molecular complexity index is 1200. The van der Waals surface area contributed by atoms with E-state index in [1.54, 1.807) is 31.5 Å². The third kappa shape index (κ3) is 2.99. The van der Waals surface area contributed by atoms with Crippen LogP contribution in [-0.4, -0.2) is 19.5 Å². The highest BCUT2D eigenvalue weighted by atomic mass is 19.1. The summed E-state index contributed by atoms with van der Waals surface area (Å²) in [4.78, 5) is 26.6. The molecule has 0 aliphatic carbocycles. The van der Waals surface area contributed by atoms with Crippen LogP contribution in [0, 0.1) is 12.7 Å². The van der Waals surface area contributed by atoms with Crippen molar-refractivity contribution >= 4 is 10.9 Å².